The van der Waals surface area contributed by atoms with Gasteiger partial charge in [0.05, 0.1) is 5.92 Å². The van der Waals surface area contributed by atoms with E-state index in [0.717, 1.165) is 32.2 Å². The summed E-state index contributed by atoms with van der Waals surface area (Å²) in [6.45, 7) is 3.51. The van der Waals surface area contributed by atoms with Crippen LogP contribution in [0.15, 0.2) is 0 Å². The first-order valence-electron chi connectivity index (χ1n) is 7.80. The lowest BCUT2D eigenvalue weighted by Gasteiger charge is -2.28. The van der Waals surface area contributed by atoms with Gasteiger partial charge in [-0.15, -0.1) is 0 Å². The van der Waals surface area contributed by atoms with Crippen molar-refractivity contribution in [1.29, 1.82) is 0 Å². The Kier molecular flexibility index (Phi) is 5.64. The Bertz CT molecular complexity index is 288. The van der Waals surface area contributed by atoms with E-state index in [1.54, 1.807) is 0 Å². The van der Waals surface area contributed by atoms with E-state index in [1.807, 2.05) is 0 Å². The third-order valence-electron chi connectivity index (χ3n) is 4.84. The second-order valence-electron chi connectivity index (χ2n) is 6.40. The van der Waals surface area contributed by atoms with Crippen LogP contribution in [-0.2, 0) is 4.79 Å². The zero-order valence-electron chi connectivity index (χ0n) is 12.1. The molecule has 2 N–H and O–H groups in total. The molecule has 0 aromatic carbocycles. The van der Waals surface area contributed by atoms with Gasteiger partial charge in [-0.1, -0.05) is 0 Å². The lowest BCUT2D eigenvalue weighted by Crippen LogP contribution is -2.36. The summed E-state index contributed by atoms with van der Waals surface area (Å²) >= 11 is 0. The Morgan fingerprint density at radius 2 is 1.89 bits per heavy atom. The normalized spacial score (nSPS) is 33.8. The van der Waals surface area contributed by atoms with Crippen LogP contribution in [0.1, 0.15) is 44.9 Å². The van der Waals surface area contributed by atoms with Crippen molar-refractivity contribution in [2.75, 3.05) is 26.7 Å². The minimum Gasteiger partial charge on any atom is -0.481 e. The van der Waals surface area contributed by atoms with Crippen LogP contribution >= 0.6 is 0 Å². The van der Waals surface area contributed by atoms with Gasteiger partial charge in [0.25, 0.3) is 0 Å². The number of carboxylic acid groups (broad SMARTS) is 1. The summed E-state index contributed by atoms with van der Waals surface area (Å²) in [6, 6.07) is 0.669. The summed E-state index contributed by atoms with van der Waals surface area (Å²) in [5.41, 5.74) is 0. The average Bonchev–Trinajstić information content (AvgIpc) is 2.61. The van der Waals surface area contributed by atoms with Crippen molar-refractivity contribution < 1.29 is 9.90 Å². The summed E-state index contributed by atoms with van der Waals surface area (Å²) in [6.07, 6.45) is 7.73. The smallest absolute Gasteiger partial charge is 0.306 e. The second-order valence-corrected chi connectivity index (χ2v) is 6.40. The topological polar surface area (TPSA) is 52.6 Å². The first kappa shape index (κ1) is 14.8. The molecular formula is C15H28N2O2. The Morgan fingerprint density at radius 1 is 1.16 bits per heavy atom. The van der Waals surface area contributed by atoms with Crippen LogP contribution in [-0.4, -0.2) is 48.7 Å². The molecule has 0 aromatic rings. The van der Waals surface area contributed by atoms with Crippen molar-refractivity contribution in [2.45, 2.75) is 51.0 Å². The molecule has 1 saturated heterocycles. The highest BCUT2D eigenvalue weighted by atomic mass is 16.4. The van der Waals surface area contributed by atoms with Gasteiger partial charge in [0.15, 0.2) is 0 Å². The van der Waals surface area contributed by atoms with Crippen molar-refractivity contribution in [1.82, 2.24) is 10.2 Å². The SMILES string of the molecule is CN1CCCC(NCC2CCC(C(=O)O)CC2)CC1. The number of likely N-dealkylation sites (tertiary alicyclic amines) is 1. The van der Waals surface area contributed by atoms with Crippen LogP contribution in [0, 0.1) is 11.8 Å². The van der Waals surface area contributed by atoms with E-state index < -0.39 is 5.97 Å². The highest BCUT2D eigenvalue weighted by Crippen LogP contribution is 2.28. The molecule has 4 heteroatoms. The maximum atomic E-state index is 10.9. The lowest BCUT2D eigenvalue weighted by atomic mass is 9.82. The van der Waals surface area contributed by atoms with Gasteiger partial charge in [0, 0.05) is 6.04 Å². The predicted octanol–water partition coefficient (Wildman–Crippen LogP) is 1.95. The molecule has 2 fully saturated rings. The highest BCUT2D eigenvalue weighted by Gasteiger charge is 2.26. The zero-order valence-corrected chi connectivity index (χ0v) is 12.1. The van der Waals surface area contributed by atoms with Crippen LogP contribution in [0.25, 0.3) is 0 Å². The fraction of sp³-hybridized carbons (Fsp3) is 0.933. The molecule has 0 spiro atoms. The zero-order chi connectivity index (χ0) is 13.7. The second kappa shape index (κ2) is 7.25. The molecule has 4 nitrogen and oxygen atoms in total. The van der Waals surface area contributed by atoms with Crippen LogP contribution in [0.2, 0.25) is 0 Å². The summed E-state index contributed by atoms with van der Waals surface area (Å²) < 4.78 is 0. The fourth-order valence-corrected chi connectivity index (χ4v) is 3.39. The molecule has 1 unspecified atom stereocenters. The maximum Gasteiger partial charge on any atom is 0.306 e. The van der Waals surface area contributed by atoms with E-state index >= 15 is 0 Å². The van der Waals surface area contributed by atoms with Gasteiger partial charge < -0.3 is 15.3 Å². The number of carboxylic acids is 1. The molecule has 1 heterocycles. The molecule has 1 aliphatic carbocycles. The standard InChI is InChI=1S/C15H28N2O2/c1-17-9-2-3-14(8-10-17)16-11-12-4-6-13(7-5-12)15(18)19/h12-14,16H,2-11H2,1H3,(H,18,19). The van der Waals surface area contributed by atoms with E-state index in [0.29, 0.717) is 12.0 Å². The number of nitrogens with one attached hydrogen (secondary N) is 1. The minimum atomic E-state index is -0.599. The van der Waals surface area contributed by atoms with Crippen molar-refractivity contribution in [3.05, 3.63) is 0 Å². The van der Waals surface area contributed by atoms with E-state index in [-0.39, 0.29) is 5.92 Å². The molecule has 2 aliphatic rings. The summed E-state index contributed by atoms with van der Waals surface area (Å²) in [5, 5.41) is 12.7. The Hall–Kier alpha value is -0.610. The van der Waals surface area contributed by atoms with E-state index in [9.17, 15) is 4.79 Å². The fourth-order valence-electron chi connectivity index (χ4n) is 3.39. The van der Waals surface area contributed by atoms with Gasteiger partial charge in [-0.25, -0.2) is 0 Å². The number of nitrogens with zero attached hydrogens (tertiary/aromatic N) is 1. The molecule has 19 heavy (non-hydrogen) atoms. The maximum absolute atomic E-state index is 10.9. The van der Waals surface area contributed by atoms with Gasteiger partial charge in [-0.3, -0.25) is 4.79 Å². The molecule has 0 amide bonds. The van der Waals surface area contributed by atoms with Crippen LogP contribution in [0.4, 0.5) is 0 Å². The van der Waals surface area contributed by atoms with E-state index in [4.69, 9.17) is 5.11 Å². The third-order valence-corrected chi connectivity index (χ3v) is 4.84. The lowest BCUT2D eigenvalue weighted by molar-refractivity contribution is -0.143. The minimum absolute atomic E-state index is 0.0808. The Morgan fingerprint density at radius 3 is 2.58 bits per heavy atom. The highest BCUT2D eigenvalue weighted by molar-refractivity contribution is 5.69. The largest absolute Gasteiger partial charge is 0.481 e. The molecule has 2 rings (SSSR count). The van der Waals surface area contributed by atoms with Crippen molar-refractivity contribution >= 4 is 5.97 Å². The van der Waals surface area contributed by atoms with Crippen molar-refractivity contribution in [3.8, 4) is 0 Å². The monoisotopic (exact) mass is 268 g/mol. The van der Waals surface area contributed by atoms with Gasteiger partial charge in [-0.2, -0.15) is 0 Å². The molecule has 0 bridgehead atoms. The Labute approximate surface area is 116 Å². The van der Waals surface area contributed by atoms with Crippen LogP contribution in [0.3, 0.4) is 0 Å². The van der Waals surface area contributed by atoms with Gasteiger partial charge >= 0.3 is 5.97 Å². The first-order chi connectivity index (χ1) is 9.15. The number of carbonyl (C=O) groups is 1. The van der Waals surface area contributed by atoms with Gasteiger partial charge in [-0.05, 0) is 77.5 Å². The van der Waals surface area contributed by atoms with Gasteiger partial charge in [0.2, 0.25) is 0 Å². The molecular weight excluding hydrogens is 240 g/mol. The molecule has 1 saturated carbocycles. The molecule has 0 aromatic heterocycles. The quantitative estimate of drug-likeness (QED) is 0.818. The van der Waals surface area contributed by atoms with E-state index in [2.05, 4.69) is 17.3 Å². The summed E-state index contributed by atoms with van der Waals surface area (Å²) in [5.74, 6) is 0.0116. The van der Waals surface area contributed by atoms with Crippen LogP contribution < -0.4 is 5.32 Å². The average molecular weight is 268 g/mol. The van der Waals surface area contributed by atoms with Crippen molar-refractivity contribution in [2.24, 2.45) is 11.8 Å². The number of aliphatic carboxylic acids is 1. The number of rotatable bonds is 4. The Balaban J connectivity index is 1.64. The van der Waals surface area contributed by atoms with Crippen LogP contribution in [0.5, 0.6) is 0 Å². The molecule has 1 atom stereocenters. The molecule has 110 valence electrons. The van der Waals surface area contributed by atoms with Gasteiger partial charge in [0.1, 0.15) is 0 Å². The predicted molar refractivity (Wildman–Crippen MR) is 76.2 cm³/mol. The first-order valence-corrected chi connectivity index (χ1v) is 7.80. The van der Waals surface area contributed by atoms with Crippen molar-refractivity contribution in [3.63, 3.8) is 0 Å². The third kappa shape index (κ3) is 4.77. The number of hydrogen-bond donors (Lipinski definition) is 2. The van der Waals surface area contributed by atoms with E-state index in [1.165, 1.54) is 32.4 Å². The summed E-state index contributed by atoms with van der Waals surface area (Å²) in [4.78, 5) is 13.3. The number of hydrogen-bond acceptors (Lipinski definition) is 3. The molecule has 1 aliphatic heterocycles. The summed E-state index contributed by atoms with van der Waals surface area (Å²) in [7, 11) is 2.20. The molecule has 0 radical (unpaired) electrons.